The van der Waals surface area contributed by atoms with Crippen LogP contribution < -0.4 is 5.32 Å². The van der Waals surface area contributed by atoms with E-state index in [1.807, 2.05) is 37.3 Å². The molecule has 144 valence electrons. The van der Waals surface area contributed by atoms with Crippen LogP contribution in [0.25, 0.3) is 10.9 Å². The number of aromatic nitrogens is 1. The molecule has 1 heterocycles. The molecule has 0 aliphatic carbocycles. The van der Waals surface area contributed by atoms with Gasteiger partial charge in [0, 0.05) is 34.3 Å². The first-order chi connectivity index (χ1) is 13.5. The summed E-state index contributed by atoms with van der Waals surface area (Å²) in [4.78, 5) is 40.0. The summed E-state index contributed by atoms with van der Waals surface area (Å²) < 4.78 is 5.27. The fourth-order valence-corrected chi connectivity index (χ4v) is 3.08. The first-order valence-corrected chi connectivity index (χ1v) is 9.11. The fourth-order valence-electron chi connectivity index (χ4n) is 3.08. The molecule has 3 aromatic rings. The van der Waals surface area contributed by atoms with E-state index in [4.69, 9.17) is 4.74 Å². The van der Waals surface area contributed by atoms with Gasteiger partial charge in [-0.2, -0.15) is 0 Å². The van der Waals surface area contributed by atoms with E-state index in [9.17, 15) is 14.4 Å². The van der Waals surface area contributed by atoms with Gasteiger partial charge >= 0.3 is 5.97 Å². The molecule has 3 rings (SSSR count). The minimum absolute atomic E-state index is 0.0109. The van der Waals surface area contributed by atoms with E-state index in [0.717, 1.165) is 16.6 Å². The first-order valence-electron chi connectivity index (χ1n) is 9.11. The Morgan fingerprint density at radius 1 is 1.04 bits per heavy atom. The monoisotopic (exact) mass is 378 g/mol. The van der Waals surface area contributed by atoms with Crippen molar-refractivity contribution in [3.8, 4) is 0 Å². The van der Waals surface area contributed by atoms with E-state index < -0.39 is 12.1 Å². The molecule has 2 aromatic carbocycles. The third-order valence-corrected chi connectivity index (χ3v) is 4.47. The smallest absolute Gasteiger partial charge is 0.308 e. The second-order valence-corrected chi connectivity index (χ2v) is 6.54. The summed E-state index contributed by atoms with van der Waals surface area (Å²) in [5.41, 5.74) is 2.66. The third-order valence-electron chi connectivity index (χ3n) is 4.47. The summed E-state index contributed by atoms with van der Waals surface area (Å²) in [6.45, 7) is 3.52. The van der Waals surface area contributed by atoms with Gasteiger partial charge < -0.3 is 15.0 Å². The van der Waals surface area contributed by atoms with Crippen LogP contribution in [0.15, 0.2) is 54.6 Å². The molecule has 6 heteroatoms. The number of amides is 1. The lowest BCUT2D eigenvalue weighted by atomic mass is 10.0. The van der Waals surface area contributed by atoms with Gasteiger partial charge in [-0.1, -0.05) is 36.4 Å². The number of carbonyl (C=O) groups excluding carboxylic acids is 3. The van der Waals surface area contributed by atoms with Crippen molar-refractivity contribution in [3.63, 3.8) is 0 Å². The molecule has 0 fully saturated rings. The minimum Gasteiger partial charge on any atom is -0.454 e. The summed E-state index contributed by atoms with van der Waals surface area (Å²) >= 11 is 0. The molecule has 0 saturated heterocycles. The topological polar surface area (TPSA) is 88.3 Å². The third kappa shape index (κ3) is 4.28. The molecule has 0 radical (unpaired) electrons. The van der Waals surface area contributed by atoms with Crippen LogP contribution in [-0.4, -0.2) is 35.3 Å². The van der Waals surface area contributed by atoms with Gasteiger partial charge in [-0.25, -0.2) is 0 Å². The molecule has 28 heavy (non-hydrogen) atoms. The molecule has 2 N–H and O–H groups in total. The van der Waals surface area contributed by atoms with Crippen LogP contribution in [0.5, 0.6) is 0 Å². The van der Waals surface area contributed by atoms with Crippen molar-refractivity contribution in [2.24, 2.45) is 0 Å². The van der Waals surface area contributed by atoms with E-state index in [1.54, 1.807) is 31.2 Å². The molecule has 0 aliphatic rings. The van der Waals surface area contributed by atoms with E-state index >= 15 is 0 Å². The molecule has 6 nitrogen and oxygen atoms in total. The number of ketones is 1. The molecule has 1 atom stereocenters. The number of aromatic amines is 1. The molecule has 0 spiro atoms. The summed E-state index contributed by atoms with van der Waals surface area (Å²) in [5, 5.41) is 3.47. The first kappa shape index (κ1) is 19.4. The second-order valence-electron chi connectivity index (χ2n) is 6.54. The lowest BCUT2D eigenvalue weighted by Gasteiger charge is -2.13. The second kappa shape index (κ2) is 8.52. The highest BCUT2D eigenvalue weighted by Gasteiger charge is 2.24. The number of hydrogen-bond donors (Lipinski definition) is 2. The van der Waals surface area contributed by atoms with Crippen LogP contribution in [0, 0.1) is 6.92 Å². The Hall–Kier alpha value is -3.41. The number of hydrogen-bond acceptors (Lipinski definition) is 4. The van der Waals surface area contributed by atoms with Crippen molar-refractivity contribution in [2.75, 3.05) is 6.54 Å². The van der Waals surface area contributed by atoms with Gasteiger partial charge in [-0.15, -0.1) is 0 Å². The van der Waals surface area contributed by atoms with Gasteiger partial charge in [0.05, 0.1) is 6.42 Å². The maximum absolute atomic E-state index is 12.8. The zero-order valence-electron chi connectivity index (χ0n) is 15.8. The maximum Gasteiger partial charge on any atom is 0.308 e. The maximum atomic E-state index is 12.8. The number of rotatable bonds is 7. The Morgan fingerprint density at radius 2 is 1.71 bits per heavy atom. The van der Waals surface area contributed by atoms with E-state index in [1.165, 1.54) is 0 Å². The van der Waals surface area contributed by atoms with Gasteiger partial charge in [-0.05, 0) is 32.0 Å². The summed E-state index contributed by atoms with van der Waals surface area (Å²) in [7, 11) is 0. The average molecular weight is 378 g/mol. The van der Waals surface area contributed by atoms with Crippen molar-refractivity contribution in [3.05, 3.63) is 71.4 Å². The SMILES string of the molecule is Cc1[nH]c2ccccc2c1C(=O)[C@H](C)OC(=O)CCNC(=O)c1ccccc1. The molecular formula is C22H22N2O4. The normalized spacial score (nSPS) is 11.8. The van der Waals surface area contributed by atoms with Crippen LogP contribution in [0.3, 0.4) is 0 Å². The quantitative estimate of drug-likeness (QED) is 0.487. The predicted octanol–water partition coefficient (Wildman–Crippen LogP) is 3.41. The molecule has 1 amide bonds. The number of carbonyl (C=O) groups is 3. The number of benzene rings is 2. The lowest BCUT2D eigenvalue weighted by molar-refractivity contribution is -0.146. The fraction of sp³-hybridized carbons (Fsp3) is 0.227. The number of H-pyrrole nitrogens is 1. The van der Waals surface area contributed by atoms with Gasteiger partial charge in [0.25, 0.3) is 5.91 Å². The number of para-hydroxylation sites is 1. The number of fused-ring (bicyclic) bond motifs is 1. The Morgan fingerprint density at radius 3 is 2.46 bits per heavy atom. The van der Waals surface area contributed by atoms with E-state index in [-0.39, 0.29) is 24.7 Å². The lowest BCUT2D eigenvalue weighted by Crippen LogP contribution is -2.29. The van der Waals surface area contributed by atoms with Crippen molar-refractivity contribution >= 4 is 28.6 Å². The highest BCUT2D eigenvalue weighted by atomic mass is 16.5. The Labute approximate surface area is 162 Å². The predicted molar refractivity (Wildman–Crippen MR) is 106 cm³/mol. The molecule has 0 unspecified atom stereocenters. The molecule has 0 saturated carbocycles. The largest absolute Gasteiger partial charge is 0.454 e. The summed E-state index contributed by atoms with van der Waals surface area (Å²) in [6, 6.07) is 16.2. The van der Waals surface area contributed by atoms with Crippen LogP contribution in [0.1, 0.15) is 39.8 Å². The zero-order chi connectivity index (χ0) is 20.1. The number of nitrogens with one attached hydrogen (secondary N) is 2. The van der Waals surface area contributed by atoms with Crippen LogP contribution in [0.2, 0.25) is 0 Å². The molecule has 0 bridgehead atoms. The highest BCUT2D eigenvalue weighted by Crippen LogP contribution is 2.23. The van der Waals surface area contributed by atoms with Crippen molar-refractivity contribution in [1.29, 1.82) is 0 Å². The Bertz CT molecular complexity index is 1010. The van der Waals surface area contributed by atoms with Crippen LogP contribution >= 0.6 is 0 Å². The van der Waals surface area contributed by atoms with Crippen molar-refractivity contribution in [2.45, 2.75) is 26.4 Å². The highest BCUT2D eigenvalue weighted by molar-refractivity contribution is 6.11. The number of ether oxygens (including phenoxy) is 1. The average Bonchev–Trinajstić information content (AvgIpc) is 3.03. The van der Waals surface area contributed by atoms with Gasteiger partial charge in [0.15, 0.2) is 6.10 Å². The zero-order valence-corrected chi connectivity index (χ0v) is 15.8. The van der Waals surface area contributed by atoms with Crippen LogP contribution in [0.4, 0.5) is 0 Å². The number of aryl methyl sites for hydroxylation is 1. The van der Waals surface area contributed by atoms with Crippen LogP contribution in [-0.2, 0) is 9.53 Å². The Kier molecular flexibility index (Phi) is 5.89. The molecular weight excluding hydrogens is 356 g/mol. The number of esters is 1. The standard InChI is InChI=1S/C22H22N2O4/c1-14-20(17-10-6-7-11-18(17)24-14)21(26)15(2)28-19(25)12-13-23-22(27)16-8-4-3-5-9-16/h3-11,15,24H,12-13H2,1-2H3,(H,23,27)/t15-/m0/s1. The van der Waals surface area contributed by atoms with E-state index in [2.05, 4.69) is 10.3 Å². The number of Topliss-reactive ketones (excluding diaryl/α,β-unsaturated/α-hetero) is 1. The van der Waals surface area contributed by atoms with Gasteiger partial charge in [0.2, 0.25) is 5.78 Å². The van der Waals surface area contributed by atoms with Crippen molar-refractivity contribution < 1.29 is 19.1 Å². The summed E-state index contributed by atoms with van der Waals surface area (Å²) in [5.74, 6) is -1.05. The summed E-state index contributed by atoms with van der Waals surface area (Å²) in [6.07, 6.45) is -0.918. The van der Waals surface area contributed by atoms with Crippen molar-refractivity contribution in [1.82, 2.24) is 10.3 Å². The minimum atomic E-state index is -0.907. The molecule has 0 aliphatic heterocycles. The van der Waals surface area contributed by atoms with E-state index in [0.29, 0.717) is 11.1 Å². The molecule has 1 aromatic heterocycles. The Balaban J connectivity index is 1.54. The van der Waals surface area contributed by atoms with Gasteiger partial charge in [-0.3, -0.25) is 14.4 Å². The van der Waals surface area contributed by atoms with Gasteiger partial charge in [0.1, 0.15) is 0 Å².